The van der Waals surface area contributed by atoms with Crippen molar-refractivity contribution in [2.24, 2.45) is 12.8 Å². The fourth-order valence-electron chi connectivity index (χ4n) is 1.88. The highest BCUT2D eigenvalue weighted by Gasteiger charge is 2.21. The normalized spacial score (nSPS) is 13.0. The molecular formula is C10H15BrN6. The molecule has 0 radical (unpaired) electrons. The van der Waals surface area contributed by atoms with Crippen LogP contribution in [-0.2, 0) is 13.6 Å². The van der Waals surface area contributed by atoms with E-state index in [1.54, 1.807) is 4.68 Å². The minimum atomic E-state index is -0.287. The number of hydrogen-bond acceptors (Lipinski definition) is 4. The lowest BCUT2D eigenvalue weighted by Gasteiger charge is -2.13. The zero-order valence-electron chi connectivity index (χ0n) is 10.1. The van der Waals surface area contributed by atoms with Gasteiger partial charge in [0.2, 0.25) is 0 Å². The van der Waals surface area contributed by atoms with Gasteiger partial charge >= 0.3 is 0 Å². The van der Waals surface area contributed by atoms with Crippen LogP contribution in [0.2, 0.25) is 0 Å². The first-order chi connectivity index (χ1) is 8.04. The fourth-order valence-corrected chi connectivity index (χ4v) is 2.45. The van der Waals surface area contributed by atoms with Crippen molar-refractivity contribution in [2.45, 2.75) is 26.4 Å². The first kappa shape index (κ1) is 12.3. The minimum absolute atomic E-state index is 0.287. The molecule has 0 amide bonds. The summed E-state index contributed by atoms with van der Waals surface area (Å²) in [5, 5.41) is 12.3. The van der Waals surface area contributed by atoms with Gasteiger partial charge in [-0.05, 0) is 35.8 Å². The maximum Gasteiger partial charge on any atom is 0.153 e. The van der Waals surface area contributed by atoms with Gasteiger partial charge in [0.25, 0.3) is 0 Å². The van der Waals surface area contributed by atoms with Crippen LogP contribution in [0, 0.1) is 6.92 Å². The second-order valence-corrected chi connectivity index (χ2v) is 4.64. The molecule has 2 heterocycles. The van der Waals surface area contributed by atoms with Crippen LogP contribution < -0.4 is 5.73 Å². The van der Waals surface area contributed by atoms with E-state index in [2.05, 4.69) is 31.3 Å². The third kappa shape index (κ3) is 2.12. The smallest absolute Gasteiger partial charge is 0.153 e. The Balaban J connectivity index is 2.46. The van der Waals surface area contributed by atoms with Crippen molar-refractivity contribution in [3.05, 3.63) is 27.8 Å². The molecule has 0 fully saturated rings. The van der Waals surface area contributed by atoms with E-state index in [0.717, 1.165) is 23.6 Å². The second kappa shape index (κ2) is 4.58. The largest absolute Gasteiger partial charge is 0.318 e. The van der Waals surface area contributed by atoms with Crippen molar-refractivity contribution in [1.82, 2.24) is 24.8 Å². The van der Waals surface area contributed by atoms with Gasteiger partial charge in [-0.1, -0.05) is 5.21 Å². The van der Waals surface area contributed by atoms with E-state index in [0.29, 0.717) is 4.60 Å². The molecule has 0 aliphatic carbocycles. The Bertz CT molecular complexity index is 509. The Kier molecular flexibility index (Phi) is 3.30. The van der Waals surface area contributed by atoms with E-state index in [-0.39, 0.29) is 6.04 Å². The van der Waals surface area contributed by atoms with Crippen LogP contribution in [0.1, 0.15) is 30.0 Å². The summed E-state index contributed by atoms with van der Waals surface area (Å²) in [6.45, 7) is 4.79. The number of halogens is 1. The summed E-state index contributed by atoms with van der Waals surface area (Å²) in [6.07, 6.45) is 0. The van der Waals surface area contributed by atoms with Gasteiger partial charge in [0.1, 0.15) is 0 Å². The molecule has 0 saturated heterocycles. The molecule has 0 saturated carbocycles. The van der Waals surface area contributed by atoms with Crippen LogP contribution in [0.3, 0.4) is 0 Å². The topological polar surface area (TPSA) is 74.6 Å². The van der Waals surface area contributed by atoms with Crippen molar-refractivity contribution >= 4 is 15.9 Å². The zero-order chi connectivity index (χ0) is 12.6. The van der Waals surface area contributed by atoms with Gasteiger partial charge in [-0.25, -0.2) is 4.68 Å². The second-order valence-electron chi connectivity index (χ2n) is 3.89. The van der Waals surface area contributed by atoms with Gasteiger partial charge in [0.15, 0.2) is 4.60 Å². The number of aromatic nitrogens is 5. The summed E-state index contributed by atoms with van der Waals surface area (Å²) in [5.74, 6) is 0. The van der Waals surface area contributed by atoms with Crippen LogP contribution in [0.5, 0.6) is 0 Å². The van der Waals surface area contributed by atoms with Crippen molar-refractivity contribution < 1.29 is 0 Å². The molecule has 1 unspecified atom stereocenters. The number of aryl methyl sites for hydroxylation is 3. The third-order valence-corrected chi connectivity index (χ3v) is 3.24. The summed E-state index contributed by atoms with van der Waals surface area (Å²) in [6, 6.07) is 1.71. The monoisotopic (exact) mass is 298 g/mol. The summed E-state index contributed by atoms with van der Waals surface area (Å²) in [4.78, 5) is 0. The average Bonchev–Trinajstić information content (AvgIpc) is 2.82. The number of nitrogens with zero attached hydrogens (tertiary/aromatic N) is 5. The number of nitrogens with two attached hydrogens (primary N) is 1. The lowest BCUT2D eigenvalue weighted by molar-refractivity contribution is 0.573. The van der Waals surface area contributed by atoms with Crippen LogP contribution >= 0.6 is 15.9 Å². The standard InChI is InChI=1S/C10H15BrN6/c1-4-17-7(5-6(2)14-17)8(12)9-10(11)13-15-16(9)3/h5,8H,4,12H2,1-3H3. The molecule has 2 rings (SSSR count). The Labute approximate surface area is 108 Å². The van der Waals surface area contributed by atoms with Gasteiger partial charge in [0, 0.05) is 13.6 Å². The van der Waals surface area contributed by atoms with Crippen molar-refractivity contribution in [3.63, 3.8) is 0 Å². The summed E-state index contributed by atoms with van der Waals surface area (Å²) in [5.41, 5.74) is 9.04. The molecule has 0 aliphatic heterocycles. The quantitative estimate of drug-likeness (QED) is 0.922. The first-order valence-electron chi connectivity index (χ1n) is 5.39. The molecule has 0 aliphatic rings. The van der Waals surface area contributed by atoms with E-state index in [1.165, 1.54) is 0 Å². The predicted molar refractivity (Wildman–Crippen MR) is 67.4 cm³/mol. The van der Waals surface area contributed by atoms with Crippen LogP contribution in [0.4, 0.5) is 0 Å². The van der Waals surface area contributed by atoms with Gasteiger partial charge in [0.05, 0.1) is 23.1 Å². The molecule has 0 spiro atoms. The lowest BCUT2D eigenvalue weighted by Crippen LogP contribution is -2.20. The van der Waals surface area contributed by atoms with E-state index in [4.69, 9.17) is 5.73 Å². The molecule has 7 heteroatoms. The maximum absolute atomic E-state index is 6.26. The molecule has 2 aromatic rings. The highest BCUT2D eigenvalue weighted by atomic mass is 79.9. The number of hydrogen-bond donors (Lipinski definition) is 1. The highest BCUT2D eigenvalue weighted by molar-refractivity contribution is 9.10. The highest BCUT2D eigenvalue weighted by Crippen LogP contribution is 2.25. The van der Waals surface area contributed by atoms with Gasteiger partial charge < -0.3 is 5.73 Å². The average molecular weight is 299 g/mol. The van der Waals surface area contributed by atoms with E-state index in [1.807, 2.05) is 31.6 Å². The summed E-state index contributed by atoms with van der Waals surface area (Å²) >= 11 is 3.36. The Morgan fingerprint density at radius 3 is 2.76 bits per heavy atom. The molecule has 1 atom stereocenters. The third-order valence-electron chi connectivity index (χ3n) is 2.67. The van der Waals surface area contributed by atoms with E-state index < -0.39 is 0 Å². The summed E-state index contributed by atoms with van der Waals surface area (Å²) in [7, 11) is 1.83. The molecule has 0 aromatic carbocycles. The van der Waals surface area contributed by atoms with Crippen molar-refractivity contribution in [2.75, 3.05) is 0 Å². The molecular weight excluding hydrogens is 284 g/mol. The SMILES string of the molecule is CCn1nc(C)cc1C(N)c1c(Br)nnn1C. The van der Waals surface area contributed by atoms with Crippen LogP contribution in [0.15, 0.2) is 10.7 Å². The lowest BCUT2D eigenvalue weighted by atomic mass is 10.1. The minimum Gasteiger partial charge on any atom is -0.318 e. The number of rotatable bonds is 3. The molecule has 0 bridgehead atoms. The predicted octanol–water partition coefficient (Wildman–Crippen LogP) is 1.15. The molecule has 6 nitrogen and oxygen atoms in total. The molecule has 17 heavy (non-hydrogen) atoms. The zero-order valence-corrected chi connectivity index (χ0v) is 11.6. The van der Waals surface area contributed by atoms with Crippen molar-refractivity contribution in [1.29, 1.82) is 0 Å². The first-order valence-corrected chi connectivity index (χ1v) is 6.18. The van der Waals surface area contributed by atoms with Crippen LogP contribution in [0.25, 0.3) is 0 Å². The molecule has 92 valence electrons. The van der Waals surface area contributed by atoms with Gasteiger partial charge in [-0.15, -0.1) is 5.10 Å². The van der Waals surface area contributed by atoms with E-state index >= 15 is 0 Å². The Morgan fingerprint density at radius 1 is 1.53 bits per heavy atom. The van der Waals surface area contributed by atoms with Gasteiger partial charge in [-0.3, -0.25) is 4.68 Å². The van der Waals surface area contributed by atoms with E-state index in [9.17, 15) is 0 Å². The maximum atomic E-state index is 6.26. The van der Waals surface area contributed by atoms with Crippen LogP contribution in [-0.4, -0.2) is 24.8 Å². The molecule has 2 aromatic heterocycles. The molecule has 2 N–H and O–H groups in total. The van der Waals surface area contributed by atoms with Crippen molar-refractivity contribution in [3.8, 4) is 0 Å². The fraction of sp³-hybridized carbons (Fsp3) is 0.500. The Hall–Kier alpha value is -1.21. The summed E-state index contributed by atoms with van der Waals surface area (Å²) < 4.78 is 4.25. The van der Waals surface area contributed by atoms with Gasteiger partial charge in [-0.2, -0.15) is 5.10 Å². The Morgan fingerprint density at radius 2 is 2.24 bits per heavy atom.